The van der Waals surface area contributed by atoms with E-state index in [1.54, 1.807) is 91.0 Å². The van der Waals surface area contributed by atoms with Gasteiger partial charge in [0.15, 0.2) is 0 Å². The molecule has 0 fully saturated rings. The van der Waals surface area contributed by atoms with Crippen molar-refractivity contribution in [1.29, 1.82) is 0 Å². The number of hydrogen-bond acceptors (Lipinski definition) is 4. The Bertz CT molecular complexity index is 752. The predicted octanol–water partition coefficient (Wildman–Crippen LogP) is 4.03. The average Bonchev–Trinajstić information content (AvgIpc) is 2.78. The van der Waals surface area contributed by atoms with Crippen molar-refractivity contribution >= 4 is 17.9 Å². The van der Waals surface area contributed by atoms with Gasteiger partial charge in [0.05, 0.1) is 16.7 Å². The second-order valence-corrected chi connectivity index (χ2v) is 5.01. The molecule has 3 aromatic carbocycles. The molecule has 3 aromatic rings. The van der Waals surface area contributed by atoms with Gasteiger partial charge in [-0.2, -0.15) is 0 Å². The minimum absolute atomic E-state index is 0.331. The Kier molecular flexibility index (Phi) is 13.6. The van der Waals surface area contributed by atoms with Gasteiger partial charge in [0, 0.05) is 0 Å². The molecular weight excluding hydrogens is 415 g/mol. The summed E-state index contributed by atoms with van der Waals surface area (Å²) in [6.45, 7) is 0. The predicted molar refractivity (Wildman–Crippen MR) is 101 cm³/mol. The van der Waals surface area contributed by atoms with Crippen molar-refractivity contribution in [3.05, 3.63) is 108 Å². The van der Waals surface area contributed by atoms with Crippen LogP contribution < -0.4 is 0 Å². The Morgan fingerprint density at radius 2 is 0.621 bits per heavy atom. The fourth-order valence-electron chi connectivity index (χ4n) is 1.74. The molecule has 0 atom stereocenters. The van der Waals surface area contributed by atoms with Gasteiger partial charge in [-0.05, 0) is 36.4 Å². The van der Waals surface area contributed by atoms with Gasteiger partial charge < -0.3 is 15.3 Å². The molecule has 0 aliphatic heterocycles. The zero-order valence-electron chi connectivity index (χ0n) is 15.1. The summed E-state index contributed by atoms with van der Waals surface area (Å²) < 4.78 is 8.19. The van der Waals surface area contributed by atoms with Crippen molar-refractivity contribution in [3.8, 4) is 0 Å². The van der Waals surface area contributed by atoms with Gasteiger partial charge in [-0.25, -0.2) is 14.4 Å². The van der Waals surface area contributed by atoms with E-state index >= 15 is 0 Å². The third-order valence-electron chi connectivity index (χ3n) is 3.06. The molecule has 0 saturated heterocycles. The van der Waals surface area contributed by atoms with Crippen LogP contribution in [-0.4, -0.2) is 33.2 Å². The van der Waals surface area contributed by atoms with Crippen LogP contribution in [0.5, 0.6) is 0 Å². The van der Waals surface area contributed by atoms with Gasteiger partial charge in [0.2, 0.25) is 0 Å². The first kappa shape index (κ1) is 25.5. The van der Waals surface area contributed by atoms with Crippen LogP contribution in [0.4, 0.5) is 0 Å². The van der Waals surface area contributed by atoms with E-state index in [9.17, 15) is 14.4 Å². The maximum absolute atomic E-state index is 10.2. The molecule has 0 spiro atoms. The third kappa shape index (κ3) is 11.7. The van der Waals surface area contributed by atoms with Gasteiger partial charge in [-0.3, -0.25) is 0 Å². The van der Waals surface area contributed by atoms with Crippen molar-refractivity contribution < 1.29 is 50.7 Å². The number of hydrogen-bond donors (Lipinski definition) is 3. The fourth-order valence-corrected chi connectivity index (χ4v) is 1.74. The molecule has 3 rings (SSSR count). The van der Waals surface area contributed by atoms with Crippen molar-refractivity contribution in [1.82, 2.24) is 0 Å². The molecule has 0 saturated carbocycles. The number of rotatable bonds is 3. The van der Waals surface area contributed by atoms with Crippen LogP contribution in [0.15, 0.2) is 91.0 Å². The Hall–Kier alpha value is -3.55. The molecule has 29 heavy (non-hydrogen) atoms. The Labute approximate surface area is 176 Å². The molecule has 0 aliphatic carbocycles. The van der Waals surface area contributed by atoms with Crippen molar-refractivity contribution in [3.63, 3.8) is 0 Å². The van der Waals surface area contributed by atoms with Gasteiger partial charge >= 0.3 is 39.0 Å². The molecule has 0 unspecified atom stereocenters. The van der Waals surface area contributed by atoms with Gasteiger partial charge in [-0.1, -0.05) is 54.6 Å². The van der Waals surface area contributed by atoms with E-state index in [4.69, 9.17) is 19.0 Å². The summed E-state index contributed by atoms with van der Waals surface area (Å²) in [5, 5.41) is 25.2. The van der Waals surface area contributed by atoms with Crippen LogP contribution in [-0.2, 0) is 21.0 Å². The van der Waals surface area contributed by atoms with Crippen LogP contribution >= 0.6 is 0 Å². The molecule has 7 nitrogen and oxygen atoms in total. The number of carboxylic acid groups (broad SMARTS) is 3. The van der Waals surface area contributed by atoms with Gasteiger partial charge in [0.25, 0.3) is 0 Å². The number of carbonyl (C=O) groups is 3. The van der Waals surface area contributed by atoms with Crippen LogP contribution in [0.25, 0.3) is 0 Å². The van der Waals surface area contributed by atoms with E-state index < -0.39 is 17.9 Å². The summed E-state index contributed by atoms with van der Waals surface area (Å²) in [5.41, 5.74) is 0.993. The quantitative estimate of drug-likeness (QED) is 0.569. The third-order valence-corrected chi connectivity index (χ3v) is 3.06. The zero-order valence-corrected chi connectivity index (χ0v) is 16.5. The topological polar surface area (TPSA) is 129 Å². The second-order valence-electron chi connectivity index (χ2n) is 5.01. The minimum atomic E-state index is -0.879. The summed E-state index contributed by atoms with van der Waals surface area (Å²) in [5.74, 6) is -2.64. The molecule has 0 bridgehead atoms. The van der Waals surface area contributed by atoms with Gasteiger partial charge in [-0.15, -0.1) is 0 Å². The van der Waals surface area contributed by atoms with E-state index in [-0.39, 0.29) is 0 Å². The van der Waals surface area contributed by atoms with Crippen molar-refractivity contribution in [2.75, 3.05) is 0 Å². The van der Waals surface area contributed by atoms with E-state index in [0.717, 1.165) is 17.4 Å². The van der Waals surface area contributed by atoms with E-state index in [2.05, 4.69) is 0 Å². The Morgan fingerprint density at radius 1 is 0.448 bits per heavy atom. The monoisotopic (exact) mass is 433 g/mol. The number of aromatic carboxylic acids is 3. The van der Waals surface area contributed by atoms with Crippen LogP contribution in [0, 0.1) is 0 Å². The molecular formula is C21H18O7V. The first-order valence-electron chi connectivity index (χ1n) is 7.95. The molecule has 0 aliphatic rings. The summed E-state index contributed by atoms with van der Waals surface area (Å²) >= 11 is 1.06. The van der Waals surface area contributed by atoms with E-state index in [0.29, 0.717) is 16.7 Å². The molecule has 0 heterocycles. The van der Waals surface area contributed by atoms with Crippen molar-refractivity contribution in [2.45, 2.75) is 0 Å². The summed E-state index contributed by atoms with van der Waals surface area (Å²) in [4.78, 5) is 30.6. The SMILES string of the molecule is O=C(O)c1ccccc1.O=C(O)c1ccccc1.O=C(O)c1ccccc1.[O]=[V]. The van der Waals surface area contributed by atoms with E-state index in [1.165, 1.54) is 0 Å². The van der Waals surface area contributed by atoms with Crippen LogP contribution in [0.2, 0.25) is 0 Å². The standard InChI is InChI=1S/3C7H6O2.O.V/c3*8-7(9)6-4-2-1-3-5-6;;/h3*1-5H,(H,8,9);;. The maximum atomic E-state index is 10.2. The number of benzene rings is 3. The summed E-state index contributed by atoms with van der Waals surface area (Å²) in [6.07, 6.45) is 0. The van der Waals surface area contributed by atoms with Crippen LogP contribution in [0.3, 0.4) is 0 Å². The summed E-state index contributed by atoms with van der Waals surface area (Å²) in [6, 6.07) is 24.9. The zero-order chi connectivity index (χ0) is 22.1. The first-order valence-corrected chi connectivity index (χ1v) is 8.52. The normalized spacial score (nSPS) is 8.38. The molecule has 8 heteroatoms. The Morgan fingerprint density at radius 3 is 0.724 bits per heavy atom. The summed E-state index contributed by atoms with van der Waals surface area (Å²) in [7, 11) is 0. The fraction of sp³-hybridized carbons (Fsp3) is 0. The first-order chi connectivity index (χ1) is 13.9. The molecule has 3 N–H and O–H groups in total. The second kappa shape index (κ2) is 15.5. The average molecular weight is 433 g/mol. The van der Waals surface area contributed by atoms with Gasteiger partial charge in [0.1, 0.15) is 0 Å². The molecule has 0 aromatic heterocycles. The van der Waals surface area contributed by atoms with E-state index in [1.807, 2.05) is 0 Å². The van der Waals surface area contributed by atoms with Crippen molar-refractivity contribution in [2.24, 2.45) is 0 Å². The Balaban J connectivity index is 0.000000388. The molecule has 0 radical (unpaired) electrons. The molecule has 0 amide bonds. The molecule has 149 valence electrons. The number of carboxylic acids is 3. The van der Waals surface area contributed by atoms with Crippen LogP contribution in [0.1, 0.15) is 31.1 Å².